The highest BCUT2D eigenvalue weighted by Gasteiger charge is 2.31. The molecule has 1 aliphatic rings. The van der Waals surface area contributed by atoms with E-state index in [1.165, 1.54) is 0 Å². The van der Waals surface area contributed by atoms with E-state index in [1.807, 2.05) is 18.4 Å². The quantitative estimate of drug-likeness (QED) is 0.779. The van der Waals surface area contributed by atoms with Crippen molar-refractivity contribution in [3.05, 3.63) is 53.7 Å². The molecule has 1 fully saturated rings. The molecule has 1 atom stereocenters. The molecule has 0 aromatic carbocycles. The molecule has 6 heteroatoms. The van der Waals surface area contributed by atoms with Crippen LogP contribution in [0.5, 0.6) is 0 Å². The second-order valence-electron chi connectivity index (χ2n) is 5.87. The third kappa shape index (κ3) is 3.70. The summed E-state index contributed by atoms with van der Waals surface area (Å²) >= 11 is 1.65. The first-order valence-electron chi connectivity index (χ1n) is 8.01. The van der Waals surface area contributed by atoms with E-state index < -0.39 is 0 Å². The number of ketones is 1. The summed E-state index contributed by atoms with van der Waals surface area (Å²) in [4.78, 5) is 31.0. The van der Waals surface area contributed by atoms with Gasteiger partial charge in [0.2, 0.25) is 0 Å². The number of furan rings is 1. The summed E-state index contributed by atoms with van der Waals surface area (Å²) in [6.45, 7) is 1.08. The number of amides is 1. The topological polar surface area (TPSA) is 63.4 Å². The van der Waals surface area contributed by atoms with Crippen molar-refractivity contribution in [3.63, 3.8) is 0 Å². The number of thioether (sulfide) groups is 1. The molecule has 0 bridgehead atoms. The Morgan fingerprint density at radius 3 is 2.96 bits per heavy atom. The number of carbonyl (C=O) groups is 2. The first-order chi connectivity index (χ1) is 11.7. The lowest BCUT2D eigenvalue weighted by Gasteiger charge is -2.31. The largest absolute Gasteiger partial charge is 0.455 e. The van der Waals surface area contributed by atoms with E-state index in [-0.39, 0.29) is 17.6 Å². The zero-order valence-corrected chi connectivity index (χ0v) is 14.4. The zero-order valence-electron chi connectivity index (χ0n) is 13.6. The summed E-state index contributed by atoms with van der Waals surface area (Å²) in [7, 11) is 0. The van der Waals surface area contributed by atoms with Crippen LogP contribution < -0.4 is 0 Å². The highest BCUT2D eigenvalue weighted by molar-refractivity contribution is 7.97. The molecule has 5 nitrogen and oxygen atoms in total. The van der Waals surface area contributed by atoms with Crippen molar-refractivity contribution < 1.29 is 14.0 Å². The van der Waals surface area contributed by atoms with E-state index in [2.05, 4.69) is 4.98 Å². The lowest BCUT2D eigenvalue weighted by atomic mass is 9.92. The number of pyridine rings is 1. The predicted octanol–water partition coefficient (Wildman–Crippen LogP) is 3.27. The summed E-state index contributed by atoms with van der Waals surface area (Å²) in [6.07, 6.45) is 5.21. The Labute approximate surface area is 145 Å². The van der Waals surface area contributed by atoms with Crippen molar-refractivity contribution >= 4 is 23.5 Å². The fourth-order valence-corrected chi connectivity index (χ4v) is 3.40. The van der Waals surface area contributed by atoms with Crippen LogP contribution in [0.15, 0.2) is 40.9 Å². The lowest BCUT2D eigenvalue weighted by molar-refractivity contribution is 0.0608. The molecular weight excluding hydrogens is 324 g/mol. The van der Waals surface area contributed by atoms with Crippen molar-refractivity contribution in [2.45, 2.75) is 18.6 Å². The molecule has 126 valence electrons. The lowest BCUT2D eigenvalue weighted by Crippen LogP contribution is -2.42. The first-order valence-corrected chi connectivity index (χ1v) is 9.40. The molecule has 0 N–H and O–H groups in total. The minimum Gasteiger partial charge on any atom is -0.455 e. The highest BCUT2D eigenvalue weighted by Crippen LogP contribution is 2.23. The fourth-order valence-electron chi connectivity index (χ4n) is 2.96. The van der Waals surface area contributed by atoms with Gasteiger partial charge in [0.05, 0.1) is 5.75 Å². The minimum absolute atomic E-state index is 0.00983. The second kappa shape index (κ2) is 7.66. The molecular formula is C18H20N2O3S. The summed E-state index contributed by atoms with van der Waals surface area (Å²) in [6, 6.07) is 8.88. The molecule has 1 saturated heterocycles. The van der Waals surface area contributed by atoms with Gasteiger partial charge in [0.25, 0.3) is 5.91 Å². The number of Topliss-reactive ketones (excluding diaryl/α,β-unsaturated/α-hetero) is 1. The Hall–Kier alpha value is -2.08. The van der Waals surface area contributed by atoms with E-state index >= 15 is 0 Å². The van der Waals surface area contributed by atoms with Gasteiger partial charge in [-0.3, -0.25) is 14.6 Å². The van der Waals surface area contributed by atoms with Crippen molar-refractivity contribution in [3.8, 4) is 0 Å². The van der Waals surface area contributed by atoms with Crippen LogP contribution in [0.2, 0.25) is 0 Å². The van der Waals surface area contributed by atoms with E-state index in [0.29, 0.717) is 24.5 Å². The Morgan fingerprint density at radius 1 is 1.33 bits per heavy atom. The molecule has 2 aromatic heterocycles. The number of carbonyl (C=O) groups excluding carboxylic acids is 2. The number of rotatable bonds is 5. The molecule has 1 amide bonds. The van der Waals surface area contributed by atoms with Gasteiger partial charge in [-0.15, -0.1) is 0 Å². The van der Waals surface area contributed by atoms with E-state index in [0.717, 1.165) is 24.4 Å². The molecule has 0 spiro atoms. The van der Waals surface area contributed by atoms with Crippen LogP contribution in [0.4, 0.5) is 0 Å². The molecule has 1 aliphatic heterocycles. The number of nitrogens with zero attached hydrogens (tertiary/aromatic N) is 2. The van der Waals surface area contributed by atoms with Gasteiger partial charge in [-0.25, -0.2) is 0 Å². The first kappa shape index (κ1) is 16.8. The Balaban J connectivity index is 1.68. The second-order valence-corrected chi connectivity index (χ2v) is 6.73. The SMILES string of the molecule is CSCc1ccc(C(=O)N2CCC[C@@H](C(=O)c3ccccn3)C2)o1. The maximum Gasteiger partial charge on any atom is 0.289 e. The Bertz CT molecular complexity index is 714. The number of aromatic nitrogens is 1. The van der Waals surface area contributed by atoms with Crippen LogP contribution in [-0.2, 0) is 5.75 Å². The molecule has 3 rings (SSSR count). The van der Waals surface area contributed by atoms with Crippen molar-refractivity contribution in [1.82, 2.24) is 9.88 Å². The van der Waals surface area contributed by atoms with Gasteiger partial charge < -0.3 is 9.32 Å². The predicted molar refractivity (Wildman–Crippen MR) is 93.1 cm³/mol. The van der Waals surface area contributed by atoms with Gasteiger partial charge in [0, 0.05) is 25.2 Å². The smallest absolute Gasteiger partial charge is 0.289 e. The van der Waals surface area contributed by atoms with Crippen LogP contribution >= 0.6 is 11.8 Å². The number of likely N-dealkylation sites (tertiary alicyclic amines) is 1. The normalized spacial score (nSPS) is 17.7. The molecule has 3 heterocycles. The van der Waals surface area contributed by atoms with Crippen molar-refractivity contribution in [2.75, 3.05) is 19.3 Å². The third-order valence-corrected chi connectivity index (χ3v) is 4.73. The van der Waals surface area contributed by atoms with Gasteiger partial charge in [0.1, 0.15) is 11.5 Å². The average molecular weight is 344 g/mol. The Kier molecular flexibility index (Phi) is 5.35. The van der Waals surface area contributed by atoms with Crippen molar-refractivity contribution in [2.24, 2.45) is 5.92 Å². The van der Waals surface area contributed by atoms with E-state index in [1.54, 1.807) is 41.1 Å². The number of piperidine rings is 1. The number of hydrogen-bond acceptors (Lipinski definition) is 5. The monoisotopic (exact) mass is 344 g/mol. The maximum absolute atomic E-state index is 12.6. The molecule has 2 aromatic rings. The summed E-state index contributed by atoms with van der Waals surface area (Å²) in [5, 5.41) is 0. The molecule has 0 radical (unpaired) electrons. The fraction of sp³-hybridized carbons (Fsp3) is 0.389. The van der Waals surface area contributed by atoms with Gasteiger partial charge in [-0.1, -0.05) is 6.07 Å². The average Bonchev–Trinajstić information content (AvgIpc) is 3.10. The summed E-state index contributed by atoms with van der Waals surface area (Å²) < 4.78 is 5.61. The van der Waals surface area contributed by atoms with Gasteiger partial charge in [0.15, 0.2) is 11.5 Å². The Morgan fingerprint density at radius 2 is 2.21 bits per heavy atom. The van der Waals surface area contributed by atoms with Gasteiger partial charge >= 0.3 is 0 Å². The van der Waals surface area contributed by atoms with Gasteiger partial charge in [-0.2, -0.15) is 11.8 Å². The summed E-state index contributed by atoms with van der Waals surface area (Å²) in [5.41, 5.74) is 0.469. The maximum atomic E-state index is 12.6. The van der Waals surface area contributed by atoms with Crippen LogP contribution in [0, 0.1) is 5.92 Å². The van der Waals surface area contributed by atoms with Gasteiger partial charge in [-0.05, 0) is 43.4 Å². The number of hydrogen-bond donors (Lipinski definition) is 0. The van der Waals surface area contributed by atoms with Crippen LogP contribution in [-0.4, -0.2) is 40.9 Å². The van der Waals surface area contributed by atoms with Crippen LogP contribution in [0.1, 0.15) is 39.6 Å². The minimum atomic E-state index is -0.196. The molecule has 24 heavy (non-hydrogen) atoms. The standard InChI is InChI=1S/C18H20N2O3S/c1-24-12-14-7-8-16(23-14)18(22)20-10-4-5-13(11-20)17(21)15-6-2-3-9-19-15/h2-3,6-9,13H,4-5,10-12H2,1H3/t13-/m1/s1. The highest BCUT2D eigenvalue weighted by atomic mass is 32.2. The van der Waals surface area contributed by atoms with Crippen LogP contribution in [0.3, 0.4) is 0 Å². The zero-order chi connectivity index (χ0) is 16.9. The van der Waals surface area contributed by atoms with Crippen molar-refractivity contribution in [1.29, 1.82) is 0 Å². The van der Waals surface area contributed by atoms with Crippen LogP contribution in [0.25, 0.3) is 0 Å². The van der Waals surface area contributed by atoms with E-state index in [9.17, 15) is 9.59 Å². The molecule has 0 saturated carbocycles. The third-order valence-electron chi connectivity index (χ3n) is 4.16. The summed E-state index contributed by atoms with van der Waals surface area (Å²) in [5.74, 6) is 1.57. The molecule has 0 unspecified atom stereocenters. The molecule has 0 aliphatic carbocycles. The van der Waals surface area contributed by atoms with E-state index in [4.69, 9.17) is 4.42 Å².